The maximum atomic E-state index is 11.8. The van der Waals surface area contributed by atoms with Gasteiger partial charge < -0.3 is 10.1 Å². The summed E-state index contributed by atoms with van der Waals surface area (Å²) in [6, 6.07) is -0.808. The molecule has 1 saturated heterocycles. The van der Waals surface area contributed by atoms with Crippen molar-refractivity contribution in [2.24, 2.45) is 0 Å². The van der Waals surface area contributed by atoms with Gasteiger partial charge in [0.25, 0.3) is 0 Å². The van der Waals surface area contributed by atoms with Gasteiger partial charge in [-0.2, -0.15) is 0 Å². The van der Waals surface area contributed by atoms with E-state index in [1.807, 2.05) is 18.7 Å². The lowest BCUT2D eigenvalue weighted by atomic mass is 10.1. The Hall–Kier alpha value is -1.14. The Morgan fingerprint density at radius 3 is 2.29 bits per heavy atom. The van der Waals surface area contributed by atoms with Crippen molar-refractivity contribution in [1.29, 1.82) is 0 Å². The number of morpholine rings is 1. The van der Waals surface area contributed by atoms with Crippen LogP contribution in [-0.2, 0) is 9.53 Å². The predicted molar refractivity (Wildman–Crippen MR) is 63.6 cm³/mol. The Balaban J connectivity index is 2.53. The number of ether oxygens (including phenoxy) is 1. The SMILES string of the molecule is CNC(=O)NC(=O)[C@@H](C)N1C[C@H](C)O[C@@H](C)C1. The highest BCUT2D eigenvalue weighted by molar-refractivity contribution is 5.96. The molecule has 1 rings (SSSR count). The van der Waals surface area contributed by atoms with Gasteiger partial charge in [-0.1, -0.05) is 0 Å². The Bertz CT molecular complexity index is 286. The first-order valence-electron chi connectivity index (χ1n) is 5.86. The molecule has 1 heterocycles. The van der Waals surface area contributed by atoms with E-state index < -0.39 is 6.03 Å². The highest BCUT2D eigenvalue weighted by atomic mass is 16.5. The van der Waals surface area contributed by atoms with Crippen molar-refractivity contribution >= 4 is 11.9 Å². The third kappa shape index (κ3) is 3.98. The van der Waals surface area contributed by atoms with E-state index in [4.69, 9.17) is 4.74 Å². The molecule has 0 saturated carbocycles. The van der Waals surface area contributed by atoms with E-state index in [1.165, 1.54) is 7.05 Å². The highest BCUT2D eigenvalue weighted by Crippen LogP contribution is 2.13. The third-order valence-corrected chi connectivity index (χ3v) is 2.84. The molecular formula is C11H21N3O3. The molecule has 0 aromatic heterocycles. The van der Waals surface area contributed by atoms with Gasteiger partial charge in [-0.25, -0.2) is 4.79 Å². The molecule has 3 amide bonds. The first-order valence-corrected chi connectivity index (χ1v) is 5.86. The molecular weight excluding hydrogens is 222 g/mol. The lowest BCUT2D eigenvalue weighted by Crippen LogP contribution is -2.55. The van der Waals surface area contributed by atoms with Gasteiger partial charge in [-0.3, -0.25) is 15.0 Å². The summed E-state index contributed by atoms with van der Waals surface area (Å²) in [5, 5.41) is 4.64. The topological polar surface area (TPSA) is 70.7 Å². The normalized spacial score (nSPS) is 27.3. The number of carbonyl (C=O) groups excluding carboxylic acids is 2. The van der Waals surface area contributed by atoms with Crippen LogP contribution >= 0.6 is 0 Å². The Morgan fingerprint density at radius 2 is 1.82 bits per heavy atom. The molecule has 0 bridgehead atoms. The van der Waals surface area contributed by atoms with Crippen LogP contribution in [0.2, 0.25) is 0 Å². The molecule has 0 aliphatic carbocycles. The van der Waals surface area contributed by atoms with E-state index in [1.54, 1.807) is 6.92 Å². The molecule has 0 spiro atoms. The number of rotatable bonds is 2. The van der Waals surface area contributed by atoms with Crippen LogP contribution in [0.4, 0.5) is 4.79 Å². The van der Waals surface area contributed by atoms with Gasteiger partial charge in [-0.05, 0) is 20.8 Å². The molecule has 0 aromatic carbocycles. The summed E-state index contributed by atoms with van der Waals surface area (Å²) in [7, 11) is 1.48. The van der Waals surface area contributed by atoms with Gasteiger partial charge in [0.15, 0.2) is 0 Å². The fourth-order valence-electron chi connectivity index (χ4n) is 1.98. The second-order valence-electron chi connectivity index (χ2n) is 4.46. The monoisotopic (exact) mass is 243 g/mol. The maximum Gasteiger partial charge on any atom is 0.321 e. The number of nitrogens with one attached hydrogen (secondary N) is 2. The van der Waals surface area contributed by atoms with E-state index >= 15 is 0 Å². The third-order valence-electron chi connectivity index (χ3n) is 2.84. The van der Waals surface area contributed by atoms with Gasteiger partial charge in [0.1, 0.15) is 0 Å². The van der Waals surface area contributed by atoms with Crippen LogP contribution in [0.25, 0.3) is 0 Å². The van der Waals surface area contributed by atoms with E-state index in [0.29, 0.717) is 13.1 Å². The summed E-state index contributed by atoms with van der Waals surface area (Å²) >= 11 is 0. The zero-order chi connectivity index (χ0) is 13.0. The van der Waals surface area contributed by atoms with Crippen LogP contribution < -0.4 is 10.6 Å². The van der Waals surface area contributed by atoms with Crippen LogP contribution in [0.3, 0.4) is 0 Å². The lowest BCUT2D eigenvalue weighted by molar-refractivity contribution is -0.130. The van der Waals surface area contributed by atoms with Crippen LogP contribution in [0.1, 0.15) is 20.8 Å². The van der Waals surface area contributed by atoms with Crippen LogP contribution in [0.15, 0.2) is 0 Å². The first-order chi connectivity index (χ1) is 7.93. The van der Waals surface area contributed by atoms with E-state index in [2.05, 4.69) is 10.6 Å². The van der Waals surface area contributed by atoms with Gasteiger partial charge >= 0.3 is 6.03 Å². The number of urea groups is 1. The predicted octanol–water partition coefficient (Wildman–Crippen LogP) is -0.0603. The summed E-state index contributed by atoms with van der Waals surface area (Å²) in [5.74, 6) is -0.286. The number of hydrogen-bond donors (Lipinski definition) is 2. The zero-order valence-corrected chi connectivity index (χ0v) is 10.8. The van der Waals surface area contributed by atoms with Crippen LogP contribution in [0, 0.1) is 0 Å². The molecule has 6 nitrogen and oxygen atoms in total. The molecule has 98 valence electrons. The van der Waals surface area contributed by atoms with Crippen molar-refractivity contribution in [3.05, 3.63) is 0 Å². The van der Waals surface area contributed by atoms with Crippen molar-refractivity contribution in [2.75, 3.05) is 20.1 Å². The number of hydrogen-bond acceptors (Lipinski definition) is 4. The molecule has 3 atom stereocenters. The summed E-state index contributed by atoms with van der Waals surface area (Å²) in [6.45, 7) is 7.15. The number of imide groups is 1. The second kappa shape index (κ2) is 5.97. The Labute approximate surface area is 102 Å². The summed E-state index contributed by atoms with van der Waals surface area (Å²) < 4.78 is 5.60. The van der Waals surface area contributed by atoms with E-state index in [-0.39, 0.29) is 24.2 Å². The minimum atomic E-state index is -0.476. The molecule has 1 fully saturated rings. The van der Waals surface area contributed by atoms with Crippen LogP contribution in [0.5, 0.6) is 0 Å². The molecule has 1 aliphatic heterocycles. The highest BCUT2D eigenvalue weighted by Gasteiger charge is 2.29. The number of amides is 3. The summed E-state index contributed by atoms with van der Waals surface area (Å²) in [6.07, 6.45) is 0.211. The van der Waals surface area contributed by atoms with E-state index in [9.17, 15) is 9.59 Å². The Morgan fingerprint density at radius 1 is 1.29 bits per heavy atom. The average Bonchev–Trinajstić information content (AvgIpc) is 2.26. The van der Waals surface area contributed by atoms with Crippen LogP contribution in [-0.4, -0.2) is 55.2 Å². The Kier molecular flexibility index (Phi) is 4.89. The average molecular weight is 243 g/mol. The lowest BCUT2D eigenvalue weighted by Gasteiger charge is -2.38. The van der Waals surface area contributed by atoms with Crippen molar-refractivity contribution in [3.63, 3.8) is 0 Å². The van der Waals surface area contributed by atoms with Gasteiger partial charge in [-0.15, -0.1) is 0 Å². The fraction of sp³-hybridized carbons (Fsp3) is 0.818. The molecule has 17 heavy (non-hydrogen) atoms. The van der Waals surface area contributed by atoms with Gasteiger partial charge in [0.2, 0.25) is 5.91 Å². The first kappa shape index (κ1) is 13.9. The maximum absolute atomic E-state index is 11.8. The molecule has 2 N–H and O–H groups in total. The van der Waals surface area contributed by atoms with Gasteiger partial charge in [0, 0.05) is 20.1 Å². The molecule has 6 heteroatoms. The molecule has 1 aliphatic rings. The van der Waals surface area contributed by atoms with Gasteiger partial charge in [0.05, 0.1) is 18.2 Å². The minimum Gasteiger partial charge on any atom is -0.373 e. The smallest absolute Gasteiger partial charge is 0.321 e. The van der Waals surface area contributed by atoms with Crippen molar-refractivity contribution in [3.8, 4) is 0 Å². The van der Waals surface area contributed by atoms with Crippen molar-refractivity contribution in [2.45, 2.75) is 39.0 Å². The molecule has 0 aromatic rings. The largest absolute Gasteiger partial charge is 0.373 e. The van der Waals surface area contributed by atoms with Crippen molar-refractivity contribution in [1.82, 2.24) is 15.5 Å². The van der Waals surface area contributed by atoms with E-state index in [0.717, 1.165) is 0 Å². The standard InChI is InChI=1S/C11H21N3O3/c1-7-5-14(6-8(2)17-7)9(3)10(15)13-11(16)12-4/h7-9H,5-6H2,1-4H3,(H2,12,13,15,16)/t7-,8-,9+/m0/s1. The zero-order valence-electron chi connectivity index (χ0n) is 10.8. The fourth-order valence-corrected chi connectivity index (χ4v) is 1.98. The minimum absolute atomic E-state index is 0.106. The molecule has 0 radical (unpaired) electrons. The second-order valence-corrected chi connectivity index (χ2v) is 4.46. The summed E-state index contributed by atoms with van der Waals surface area (Å²) in [5.41, 5.74) is 0. The quantitative estimate of drug-likeness (QED) is 0.713. The summed E-state index contributed by atoms with van der Waals surface area (Å²) in [4.78, 5) is 24.8. The number of carbonyl (C=O) groups is 2. The number of nitrogens with zero attached hydrogens (tertiary/aromatic N) is 1. The van der Waals surface area contributed by atoms with Crippen molar-refractivity contribution < 1.29 is 14.3 Å². The molecule has 0 unspecified atom stereocenters.